The average Bonchev–Trinajstić information content (AvgIpc) is 3.04. The summed E-state index contributed by atoms with van der Waals surface area (Å²) in [5.41, 5.74) is 7.38. The zero-order valence-corrected chi connectivity index (χ0v) is 25.3. The van der Waals surface area contributed by atoms with Crippen molar-refractivity contribution in [2.24, 2.45) is 0 Å². The second-order valence-electron chi connectivity index (χ2n) is 10.9. The number of aryl methyl sites for hydroxylation is 1. The molecule has 45 heavy (non-hydrogen) atoms. The van der Waals surface area contributed by atoms with Crippen molar-refractivity contribution < 1.29 is 34.0 Å². The van der Waals surface area contributed by atoms with Gasteiger partial charge in [0, 0.05) is 24.7 Å². The molecule has 4 aromatic carbocycles. The summed E-state index contributed by atoms with van der Waals surface area (Å²) < 4.78 is 24.1. The third-order valence-electron chi connectivity index (χ3n) is 7.60. The number of aliphatic hydroxyl groups excluding tert-OH is 1. The van der Waals surface area contributed by atoms with Crippen molar-refractivity contribution in [3.05, 3.63) is 106 Å². The van der Waals surface area contributed by atoms with E-state index in [1.165, 1.54) is 0 Å². The topological polar surface area (TPSA) is 130 Å². The molecule has 1 aliphatic rings. The largest absolute Gasteiger partial charge is 0.488 e. The maximum atomic E-state index is 10.9. The van der Waals surface area contributed by atoms with E-state index in [0.717, 1.165) is 50.4 Å². The number of aliphatic carboxylic acids is 1. The minimum Gasteiger partial charge on any atom is -0.488 e. The van der Waals surface area contributed by atoms with Crippen molar-refractivity contribution in [3.63, 3.8) is 0 Å². The highest BCUT2D eigenvalue weighted by molar-refractivity contribution is 5.71. The molecule has 0 saturated heterocycles. The van der Waals surface area contributed by atoms with E-state index in [0.29, 0.717) is 43.4 Å². The highest BCUT2D eigenvalue weighted by atomic mass is 16.6. The molecule has 1 atom stereocenters. The number of fused-ring (bicyclic) bond motifs is 1. The molecule has 0 saturated carbocycles. The molecule has 1 aliphatic heterocycles. The Labute approximate surface area is 262 Å². The van der Waals surface area contributed by atoms with Crippen molar-refractivity contribution in [2.45, 2.75) is 46.1 Å². The number of hydrogen-bond acceptors (Lipinski definition) is 8. The minimum atomic E-state index is -1.06. The molecule has 3 N–H and O–H groups in total. The zero-order chi connectivity index (χ0) is 31.8. The number of nitrogens with zero attached hydrogens (tertiary/aromatic N) is 1. The third-order valence-corrected chi connectivity index (χ3v) is 7.60. The first-order valence-electron chi connectivity index (χ1n) is 14.8. The molecule has 232 valence electrons. The van der Waals surface area contributed by atoms with Gasteiger partial charge in [-0.05, 0) is 77.6 Å². The summed E-state index contributed by atoms with van der Waals surface area (Å²) in [5.74, 6) is 1.68. The van der Waals surface area contributed by atoms with Crippen LogP contribution in [0, 0.1) is 25.2 Å². The second kappa shape index (κ2) is 14.6. The number of rotatable bonds is 13. The Morgan fingerprint density at radius 3 is 2.51 bits per heavy atom. The van der Waals surface area contributed by atoms with E-state index in [-0.39, 0.29) is 19.6 Å². The highest BCUT2D eigenvalue weighted by Crippen LogP contribution is 2.36. The van der Waals surface area contributed by atoms with E-state index in [9.17, 15) is 15.2 Å². The van der Waals surface area contributed by atoms with Gasteiger partial charge in [-0.15, -0.1) is 0 Å². The summed E-state index contributed by atoms with van der Waals surface area (Å²) in [5, 5.41) is 31.3. The number of ether oxygens (including phenoxy) is 4. The molecule has 5 rings (SSSR count). The van der Waals surface area contributed by atoms with Crippen LogP contribution in [0.1, 0.15) is 39.8 Å². The molecular formula is C36H36N2O7. The van der Waals surface area contributed by atoms with Crippen LogP contribution in [-0.2, 0) is 24.6 Å². The predicted octanol–water partition coefficient (Wildman–Crippen LogP) is 5.70. The van der Waals surface area contributed by atoms with Gasteiger partial charge >= 0.3 is 5.97 Å². The number of hydrogen-bond donors (Lipinski definition) is 3. The summed E-state index contributed by atoms with van der Waals surface area (Å²) in [6, 6.07) is 25.3. The van der Waals surface area contributed by atoms with Crippen LogP contribution in [0.15, 0.2) is 72.8 Å². The molecule has 0 aromatic heterocycles. The number of carbonyl (C=O) groups is 1. The lowest BCUT2D eigenvalue weighted by Crippen LogP contribution is -2.28. The van der Waals surface area contributed by atoms with Gasteiger partial charge in [-0.3, -0.25) is 4.79 Å². The van der Waals surface area contributed by atoms with Crippen LogP contribution in [0.2, 0.25) is 0 Å². The van der Waals surface area contributed by atoms with Gasteiger partial charge in [-0.25, -0.2) is 0 Å². The fourth-order valence-corrected chi connectivity index (χ4v) is 5.22. The van der Waals surface area contributed by atoms with Crippen molar-refractivity contribution >= 4 is 5.97 Å². The van der Waals surface area contributed by atoms with Gasteiger partial charge in [0.15, 0.2) is 11.5 Å². The monoisotopic (exact) mass is 608 g/mol. The van der Waals surface area contributed by atoms with Gasteiger partial charge in [0.1, 0.15) is 37.9 Å². The lowest BCUT2D eigenvalue weighted by atomic mass is 9.96. The van der Waals surface area contributed by atoms with E-state index in [2.05, 4.69) is 24.4 Å². The van der Waals surface area contributed by atoms with Crippen LogP contribution in [0.5, 0.6) is 23.0 Å². The Morgan fingerprint density at radius 1 is 0.933 bits per heavy atom. The van der Waals surface area contributed by atoms with E-state index in [4.69, 9.17) is 24.1 Å². The molecule has 0 amide bonds. The van der Waals surface area contributed by atoms with Crippen molar-refractivity contribution in [1.82, 2.24) is 5.32 Å². The van der Waals surface area contributed by atoms with Gasteiger partial charge < -0.3 is 34.5 Å². The summed E-state index contributed by atoms with van der Waals surface area (Å²) in [6.07, 6.45) is -1.35. The van der Waals surface area contributed by atoms with Gasteiger partial charge in [-0.1, -0.05) is 36.4 Å². The highest BCUT2D eigenvalue weighted by Gasteiger charge is 2.16. The van der Waals surface area contributed by atoms with Gasteiger partial charge in [-0.2, -0.15) is 5.26 Å². The first kappa shape index (κ1) is 31.4. The molecule has 1 heterocycles. The molecule has 9 heteroatoms. The van der Waals surface area contributed by atoms with Crippen LogP contribution in [0.3, 0.4) is 0 Å². The molecule has 0 radical (unpaired) electrons. The number of benzene rings is 4. The Bertz CT molecular complexity index is 1710. The lowest BCUT2D eigenvalue weighted by molar-refractivity contribution is -0.139. The number of nitriles is 1. The Balaban J connectivity index is 1.34. The van der Waals surface area contributed by atoms with Crippen molar-refractivity contribution in [2.75, 3.05) is 19.8 Å². The number of carboxylic acids is 1. The first-order valence-corrected chi connectivity index (χ1v) is 14.8. The summed E-state index contributed by atoms with van der Waals surface area (Å²) >= 11 is 0. The maximum absolute atomic E-state index is 10.9. The number of aliphatic hydroxyl groups is 1. The van der Waals surface area contributed by atoms with E-state index in [1.54, 1.807) is 12.1 Å². The molecule has 0 aliphatic carbocycles. The second-order valence-corrected chi connectivity index (χ2v) is 10.9. The average molecular weight is 609 g/mol. The minimum absolute atomic E-state index is 0.117. The van der Waals surface area contributed by atoms with E-state index < -0.39 is 12.1 Å². The zero-order valence-electron chi connectivity index (χ0n) is 25.3. The quantitative estimate of drug-likeness (QED) is 0.175. The summed E-state index contributed by atoms with van der Waals surface area (Å²) in [7, 11) is 0. The molecular weight excluding hydrogens is 572 g/mol. The number of carboxylic acid groups (broad SMARTS) is 1. The Kier molecular flexibility index (Phi) is 10.2. The van der Waals surface area contributed by atoms with Gasteiger partial charge in [0.2, 0.25) is 0 Å². The molecule has 0 fully saturated rings. The molecule has 0 bridgehead atoms. The Morgan fingerprint density at radius 2 is 1.71 bits per heavy atom. The normalized spacial score (nSPS) is 12.7. The molecule has 0 spiro atoms. The SMILES string of the molecule is Cc1cc(CNCC(O)CC(=O)O)c(OCc2cccc(C#N)c2)cc1OCc1cccc(-c2ccc3c(c2)OCCO3)c1C. The van der Waals surface area contributed by atoms with Crippen LogP contribution in [-0.4, -0.2) is 42.0 Å². The van der Waals surface area contributed by atoms with E-state index in [1.807, 2.05) is 61.5 Å². The van der Waals surface area contributed by atoms with Gasteiger partial charge in [0.25, 0.3) is 0 Å². The van der Waals surface area contributed by atoms with Crippen molar-refractivity contribution in [3.8, 4) is 40.2 Å². The standard InChI is InChI=1S/C36H36N2O7/c1-23-13-29(19-38-20-30(39)16-36(40)41)34(44-21-26-6-3-5-25(14-26)18-37)17-33(23)45-22-28-7-4-8-31(24(28)2)27-9-10-32-35(15-27)43-12-11-42-32/h3-10,13-15,17,30,38-39H,11-12,16,19-22H2,1-2H3,(H,40,41). The Hall–Kier alpha value is -5.04. The van der Waals surface area contributed by atoms with Crippen LogP contribution in [0.4, 0.5) is 0 Å². The molecule has 9 nitrogen and oxygen atoms in total. The molecule has 1 unspecified atom stereocenters. The summed E-state index contributed by atoms with van der Waals surface area (Å²) in [4.78, 5) is 10.9. The van der Waals surface area contributed by atoms with E-state index >= 15 is 0 Å². The smallest absolute Gasteiger partial charge is 0.306 e. The summed E-state index contributed by atoms with van der Waals surface area (Å²) in [6.45, 7) is 6.16. The van der Waals surface area contributed by atoms with Crippen LogP contribution < -0.4 is 24.3 Å². The first-order chi connectivity index (χ1) is 21.8. The number of nitrogens with one attached hydrogen (secondary N) is 1. The maximum Gasteiger partial charge on any atom is 0.306 e. The third kappa shape index (κ3) is 8.12. The van der Waals surface area contributed by atoms with Crippen molar-refractivity contribution in [1.29, 1.82) is 5.26 Å². The molecule has 4 aromatic rings. The van der Waals surface area contributed by atoms with Crippen LogP contribution >= 0.6 is 0 Å². The van der Waals surface area contributed by atoms with Crippen LogP contribution in [0.25, 0.3) is 11.1 Å². The fourth-order valence-electron chi connectivity index (χ4n) is 5.22. The lowest BCUT2D eigenvalue weighted by Gasteiger charge is -2.20. The van der Waals surface area contributed by atoms with Gasteiger partial charge in [0.05, 0.1) is 24.2 Å². The predicted molar refractivity (Wildman–Crippen MR) is 169 cm³/mol. The fraction of sp³-hybridized carbons (Fsp3) is 0.278.